The predicted octanol–water partition coefficient (Wildman–Crippen LogP) is 11.0. The van der Waals surface area contributed by atoms with Gasteiger partial charge in [0.1, 0.15) is 0 Å². The molecule has 0 unspecified atom stereocenters. The third-order valence-electron chi connectivity index (χ3n) is 12.2. The summed E-state index contributed by atoms with van der Waals surface area (Å²) in [5.74, 6) is 2.86. The monoisotopic (exact) mass is 758 g/mol. The summed E-state index contributed by atoms with van der Waals surface area (Å²) in [6, 6.07) is 83.4. The molecule has 0 bridgehead atoms. The molecule has 0 spiro atoms. The maximum absolute atomic E-state index is 6.97. The van der Waals surface area contributed by atoms with Crippen LogP contribution in [0.4, 0.5) is 0 Å². The van der Waals surface area contributed by atoms with E-state index in [0.717, 1.165) is 22.4 Å². The molecule has 2 nitrogen and oxygen atoms in total. The minimum Gasteiger partial charge on any atom is -0.449 e. The Morgan fingerprint density at radius 1 is 0.310 bits per heavy atom. The highest BCUT2D eigenvalue weighted by atomic mass is 28.3. The molecule has 1 heterocycles. The van der Waals surface area contributed by atoms with Crippen molar-refractivity contribution in [2.75, 3.05) is 0 Å². The first kappa shape index (κ1) is 34.1. The van der Waals surface area contributed by atoms with Crippen molar-refractivity contribution >= 4 is 28.8 Å². The van der Waals surface area contributed by atoms with E-state index in [0.29, 0.717) is 17.2 Å². The minimum atomic E-state index is -2.66. The number of benzene rings is 9. The van der Waals surface area contributed by atoms with Crippen LogP contribution in [0.15, 0.2) is 231 Å². The van der Waals surface area contributed by atoms with Crippen LogP contribution in [0.5, 0.6) is 23.0 Å². The van der Waals surface area contributed by atoms with Crippen molar-refractivity contribution in [2.45, 2.75) is 5.41 Å². The van der Waals surface area contributed by atoms with Crippen LogP contribution in [0.25, 0.3) is 22.3 Å². The molecule has 0 aromatic heterocycles. The van der Waals surface area contributed by atoms with Crippen molar-refractivity contribution in [1.82, 2.24) is 0 Å². The standard InChI is InChI=1S/C55H38O2Si/c1-6-19-40(20-7-1)55(41-21-8-2-9-22-41)49-31-17-16-29-47(49)48-37-52-53(38-50(48)55)56-51-32-18-30-46(54(51)57-52)39-33-35-45(36-34-39)58(42-23-10-3-11-24-42,43-25-12-4-13-26-43)44-27-14-5-15-28-44/h1-38H. The van der Waals surface area contributed by atoms with Gasteiger partial charge in [-0.3, -0.25) is 0 Å². The first-order valence-electron chi connectivity index (χ1n) is 19.9. The number of hydrogen-bond acceptors (Lipinski definition) is 2. The molecule has 58 heavy (non-hydrogen) atoms. The Hall–Kier alpha value is -7.20. The average Bonchev–Trinajstić information content (AvgIpc) is 3.59. The summed E-state index contributed by atoms with van der Waals surface area (Å²) in [5, 5.41) is 5.37. The summed E-state index contributed by atoms with van der Waals surface area (Å²) < 4.78 is 13.8. The van der Waals surface area contributed by atoms with Gasteiger partial charge in [-0.1, -0.05) is 212 Å². The fourth-order valence-electron chi connectivity index (χ4n) is 9.73. The van der Waals surface area contributed by atoms with E-state index in [1.807, 2.05) is 6.07 Å². The fraction of sp³-hybridized carbons (Fsp3) is 0.0182. The molecule has 9 aromatic carbocycles. The van der Waals surface area contributed by atoms with Gasteiger partial charge in [-0.25, -0.2) is 0 Å². The van der Waals surface area contributed by atoms with Crippen molar-refractivity contribution < 1.29 is 9.47 Å². The highest BCUT2D eigenvalue weighted by Gasteiger charge is 2.47. The molecular weight excluding hydrogens is 721 g/mol. The normalized spacial score (nSPS) is 13.2. The van der Waals surface area contributed by atoms with E-state index < -0.39 is 13.5 Å². The molecule has 0 saturated carbocycles. The first-order chi connectivity index (χ1) is 28.8. The second kappa shape index (κ2) is 13.8. The molecule has 1 aliphatic heterocycles. The van der Waals surface area contributed by atoms with Gasteiger partial charge >= 0.3 is 0 Å². The highest BCUT2D eigenvalue weighted by Crippen LogP contribution is 2.60. The number of para-hydroxylation sites is 1. The van der Waals surface area contributed by atoms with E-state index in [4.69, 9.17) is 9.47 Å². The van der Waals surface area contributed by atoms with E-state index in [9.17, 15) is 0 Å². The molecule has 0 atom stereocenters. The molecule has 0 saturated heterocycles. The molecule has 0 amide bonds. The summed E-state index contributed by atoms with van der Waals surface area (Å²) in [6.45, 7) is 0. The number of ether oxygens (including phenoxy) is 2. The summed E-state index contributed by atoms with van der Waals surface area (Å²) in [7, 11) is -2.66. The minimum absolute atomic E-state index is 0.519. The largest absolute Gasteiger partial charge is 0.449 e. The van der Waals surface area contributed by atoms with Gasteiger partial charge in [0.25, 0.3) is 0 Å². The SMILES string of the molecule is c1ccc(C2(c3ccccc3)c3ccccc3-c3cc4c(cc32)Oc2cccc(-c3ccc([Si](c5ccccc5)(c5ccccc5)c5ccccc5)cc3)c2O4)cc1. The van der Waals surface area contributed by atoms with Crippen LogP contribution in [0.3, 0.4) is 0 Å². The van der Waals surface area contributed by atoms with Gasteiger partial charge in [0, 0.05) is 5.56 Å². The van der Waals surface area contributed by atoms with E-state index >= 15 is 0 Å². The highest BCUT2D eigenvalue weighted by molar-refractivity contribution is 7.19. The summed E-state index contributed by atoms with van der Waals surface area (Å²) in [5.41, 5.74) is 8.77. The zero-order valence-electron chi connectivity index (χ0n) is 31.8. The van der Waals surface area contributed by atoms with Crippen LogP contribution in [0, 0.1) is 0 Å². The Kier molecular flexibility index (Phi) is 8.09. The van der Waals surface area contributed by atoms with Crippen LogP contribution >= 0.6 is 0 Å². The molecule has 3 heteroatoms. The lowest BCUT2D eigenvalue weighted by Crippen LogP contribution is -2.74. The smallest absolute Gasteiger partial charge is 0.179 e. The molecule has 0 N–H and O–H groups in total. The summed E-state index contributed by atoms with van der Waals surface area (Å²) in [6.07, 6.45) is 0. The van der Waals surface area contributed by atoms with Gasteiger partial charge in [-0.2, -0.15) is 0 Å². The van der Waals surface area contributed by atoms with Gasteiger partial charge in [0.15, 0.2) is 31.1 Å². The van der Waals surface area contributed by atoms with Crippen molar-refractivity contribution in [3.63, 3.8) is 0 Å². The predicted molar refractivity (Wildman–Crippen MR) is 239 cm³/mol. The van der Waals surface area contributed by atoms with E-state index in [-0.39, 0.29) is 0 Å². The molecule has 2 aliphatic rings. The van der Waals surface area contributed by atoms with Gasteiger partial charge in [0.2, 0.25) is 0 Å². The molecular formula is C55H38O2Si. The number of fused-ring (bicyclic) bond motifs is 5. The Bertz CT molecular complexity index is 2780. The van der Waals surface area contributed by atoms with E-state index in [1.165, 1.54) is 48.6 Å². The van der Waals surface area contributed by atoms with Crippen molar-refractivity contribution in [1.29, 1.82) is 0 Å². The zero-order chi connectivity index (χ0) is 38.5. The lowest BCUT2D eigenvalue weighted by atomic mass is 9.67. The zero-order valence-corrected chi connectivity index (χ0v) is 32.8. The Morgan fingerprint density at radius 2 is 0.776 bits per heavy atom. The molecule has 0 fully saturated rings. The van der Waals surface area contributed by atoms with Crippen molar-refractivity contribution in [3.05, 3.63) is 253 Å². The molecule has 0 radical (unpaired) electrons. The fourth-order valence-corrected chi connectivity index (χ4v) is 14.5. The third-order valence-corrected chi connectivity index (χ3v) is 17.0. The topological polar surface area (TPSA) is 18.5 Å². The van der Waals surface area contributed by atoms with Gasteiger partial charge < -0.3 is 9.47 Å². The quantitative estimate of drug-likeness (QED) is 0.119. The Balaban J connectivity index is 1.03. The third kappa shape index (κ3) is 5.10. The van der Waals surface area contributed by atoms with Crippen LogP contribution < -0.4 is 30.2 Å². The Labute approximate surface area is 340 Å². The van der Waals surface area contributed by atoms with E-state index in [1.54, 1.807) is 0 Å². The number of hydrogen-bond donors (Lipinski definition) is 0. The second-order valence-corrected chi connectivity index (χ2v) is 18.9. The lowest BCUT2D eigenvalue weighted by Gasteiger charge is -2.34. The average molecular weight is 759 g/mol. The summed E-state index contributed by atoms with van der Waals surface area (Å²) >= 11 is 0. The van der Waals surface area contributed by atoms with Crippen LogP contribution in [-0.4, -0.2) is 8.07 Å². The van der Waals surface area contributed by atoms with Crippen molar-refractivity contribution in [3.8, 4) is 45.3 Å². The molecule has 1 aliphatic carbocycles. The van der Waals surface area contributed by atoms with Gasteiger partial charge in [0.05, 0.1) is 5.41 Å². The van der Waals surface area contributed by atoms with Crippen LogP contribution in [0.1, 0.15) is 22.3 Å². The van der Waals surface area contributed by atoms with Gasteiger partial charge in [-0.05, 0) is 77.9 Å². The summed E-state index contributed by atoms with van der Waals surface area (Å²) in [4.78, 5) is 0. The molecule has 9 aromatic rings. The van der Waals surface area contributed by atoms with Crippen LogP contribution in [-0.2, 0) is 5.41 Å². The lowest BCUT2D eigenvalue weighted by molar-refractivity contribution is 0.360. The second-order valence-electron chi connectivity index (χ2n) is 15.1. The molecule has 11 rings (SSSR count). The number of rotatable bonds is 7. The van der Waals surface area contributed by atoms with Crippen LogP contribution in [0.2, 0.25) is 0 Å². The maximum Gasteiger partial charge on any atom is 0.179 e. The van der Waals surface area contributed by atoms with Gasteiger partial charge in [-0.15, -0.1) is 0 Å². The maximum atomic E-state index is 6.97. The van der Waals surface area contributed by atoms with E-state index in [2.05, 4.69) is 224 Å². The Morgan fingerprint density at radius 3 is 1.34 bits per heavy atom. The first-order valence-corrected chi connectivity index (χ1v) is 21.9. The molecule has 274 valence electrons. The van der Waals surface area contributed by atoms with Crippen molar-refractivity contribution in [2.24, 2.45) is 0 Å².